The van der Waals surface area contributed by atoms with E-state index < -0.39 is 0 Å². The van der Waals surface area contributed by atoms with Gasteiger partial charge in [-0.25, -0.2) is 0 Å². The summed E-state index contributed by atoms with van der Waals surface area (Å²) in [6.45, 7) is 7.31. The molecule has 0 saturated heterocycles. The molecule has 0 aliphatic rings. The third-order valence-corrected chi connectivity index (χ3v) is 3.07. The quantitative estimate of drug-likeness (QED) is 0.619. The molecule has 0 spiro atoms. The van der Waals surface area contributed by atoms with Gasteiger partial charge in [0.2, 0.25) is 0 Å². The summed E-state index contributed by atoms with van der Waals surface area (Å²) >= 11 is 0. The van der Waals surface area contributed by atoms with Gasteiger partial charge in [0, 0.05) is 25.3 Å². The average Bonchev–Trinajstić information content (AvgIpc) is 2.49. The number of hydrogen-bond donors (Lipinski definition) is 1. The largest absolute Gasteiger partial charge is 0.369 e. The molecule has 1 aromatic carbocycles. The van der Waals surface area contributed by atoms with Crippen molar-refractivity contribution < 1.29 is 4.79 Å². The summed E-state index contributed by atoms with van der Waals surface area (Å²) in [5.74, 6) is -0.307. The maximum absolute atomic E-state index is 11.9. The fourth-order valence-electron chi connectivity index (χ4n) is 1.81. The summed E-state index contributed by atoms with van der Waals surface area (Å²) in [4.78, 5) is 13.9. The first kappa shape index (κ1) is 16.8. The van der Waals surface area contributed by atoms with Gasteiger partial charge in [0.25, 0.3) is 5.91 Å². The second-order valence-electron chi connectivity index (χ2n) is 5.16. The molecule has 21 heavy (non-hydrogen) atoms. The number of nitrogens with zero attached hydrogens (tertiary/aromatic N) is 2. The highest BCUT2D eigenvalue weighted by Gasteiger charge is 2.13. The van der Waals surface area contributed by atoms with E-state index in [0.29, 0.717) is 13.1 Å². The fourth-order valence-corrected chi connectivity index (χ4v) is 1.81. The van der Waals surface area contributed by atoms with Crippen molar-refractivity contribution in [2.24, 2.45) is 0 Å². The lowest BCUT2D eigenvalue weighted by Crippen LogP contribution is -2.29. The number of amides is 1. The number of nitrogens with one attached hydrogen (secondary N) is 1. The smallest absolute Gasteiger partial charge is 0.263 e. The Kier molecular flexibility index (Phi) is 7.03. The van der Waals surface area contributed by atoms with Crippen LogP contribution >= 0.6 is 0 Å². The topological polar surface area (TPSA) is 56.1 Å². The zero-order valence-electron chi connectivity index (χ0n) is 13.0. The highest BCUT2D eigenvalue weighted by atomic mass is 16.1. The van der Waals surface area contributed by atoms with E-state index in [-0.39, 0.29) is 17.5 Å². The lowest BCUT2D eigenvalue weighted by atomic mass is 10.2. The Hall–Kier alpha value is -2.28. The van der Waals surface area contributed by atoms with Gasteiger partial charge in [0.05, 0.1) is 0 Å². The van der Waals surface area contributed by atoms with Crippen molar-refractivity contribution in [3.05, 3.63) is 47.7 Å². The van der Waals surface area contributed by atoms with E-state index >= 15 is 0 Å². The Labute approximate surface area is 127 Å². The zero-order chi connectivity index (χ0) is 15.7. The average molecular weight is 285 g/mol. The van der Waals surface area contributed by atoms with E-state index in [0.717, 1.165) is 12.0 Å². The number of nitriles is 1. The molecule has 0 heterocycles. The first-order chi connectivity index (χ1) is 10.1. The van der Waals surface area contributed by atoms with Gasteiger partial charge in [0.1, 0.15) is 11.6 Å². The molecule has 4 nitrogen and oxygen atoms in total. The normalized spacial score (nSPS) is 11.1. The molecule has 0 aliphatic heterocycles. The van der Waals surface area contributed by atoms with Gasteiger partial charge in [0.15, 0.2) is 0 Å². The van der Waals surface area contributed by atoms with Crippen molar-refractivity contribution >= 4 is 5.91 Å². The van der Waals surface area contributed by atoms with Crippen LogP contribution in [0, 0.1) is 11.3 Å². The zero-order valence-corrected chi connectivity index (χ0v) is 13.0. The van der Waals surface area contributed by atoms with Crippen LogP contribution in [-0.4, -0.2) is 23.4 Å². The SMILES string of the molecule is CCCNC(=O)/C(C#N)=C\N(Cc1ccccc1)C(C)C. The van der Waals surface area contributed by atoms with E-state index in [1.807, 2.05) is 62.1 Å². The molecule has 0 aromatic heterocycles. The first-order valence-electron chi connectivity index (χ1n) is 7.28. The van der Waals surface area contributed by atoms with E-state index in [1.54, 1.807) is 6.20 Å². The van der Waals surface area contributed by atoms with E-state index in [4.69, 9.17) is 0 Å². The van der Waals surface area contributed by atoms with Crippen molar-refractivity contribution in [3.63, 3.8) is 0 Å². The highest BCUT2D eigenvalue weighted by molar-refractivity contribution is 5.97. The summed E-state index contributed by atoms with van der Waals surface area (Å²) in [6.07, 6.45) is 2.50. The lowest BCUT2D eigenvalue weighted by Gasteiger charge is -2.25. The Morgan fingerprint density at radius 1 is 1.38 bits per heavy atom. The second kappa shape index (κ2) is 8.80. The van der Waals surface area contributed by atoms with Gasteiger partial charge in [-0.1, -0.05) is 37.3 Å². The van der Waals surface area contributed by atoms with Crippen LogP contribution in [0.15, 0.2) is 42.1 Å². The predicted octanol–water partition coefficient (Wildman–Crippen LogP) is 2.83. The maximum atomic E-state index is 11.9. The van der Waals surface area contributed by atoms with Gasteiger partial charge >= 0.3 is 0 Å². The summed E-state index contributed by atoms with van der Waals surface area (Å²) in [5.41, 5.74) is 1.29. The minimum Gasteiger partial charge on any atom is -0.369 e. The predicted molar refractivity (Wildman–Crippen MR) is 84.1 cm³/mol. The van der Waals surface area contributed by atoms with Crippen LogP contribution in [0.1, 0.15) is 32.8 Å². The van der Waals surface area contributed by atoms with Crippen LogP contribution in [0.5, 0.6) is 0 Å². The summed E-state index contributed by atoms with van der Waals surface area (Å²) < 4.78 is 0. The number of benzene rings is 1. The van der Waals surface area contributed by atoms with Crippen molar-refractivity contribution in [2.75, 3.05) is 6.54 Å². The first-order valence-corrected chi connectivity index (χ1v) is 7.28. The van der Waals surface area contributed by atoms with Crippen LogP contribution in [0.3, 0.4) is 0 Å². The van der Waals surface area contributed by atoms with Crippen molar-refractivity contribution in [1.82, 2.24) is 10.2 Å². The van der Waals surface area contributed by atoms with Crippen LogP contribution in [0.2, 0.25) is 0 Å². The van der Waals surface area contributed by atoms with E-state index in [9.17, 15) is 10.1 Å². The highest BCUT2D eigenvalue weighted by Crippen LogP contribution is 2.10. The Balaban J connectivity index is 2.86. The van der Waals surface area contributed by atoms with Crippen molar-refractivity contribution in [2.45, 2.75) is 39.8 Å². The molecule has 0 fully saturated rings. The van der Waals surface area contributed by atoms with Crippen molar-refractivity contribution in [3.8, 4) is 6.07 Å². The standard InChI is InChI=1S/C17H23N3O/c1-4-10-19-17(21)16(11-18)13-20(14(2)3)12-15-8-6-5-7-9-15/h5-9,13-14H,4,10,12H2,1-3H3,(H,19,21)/b16-13-. The van der Waals surface area contributed by atoms with Crippen LogP contribution in [0.4, 0.5) is 0 Å². The fraction of sp³-hybridized carbons (Fsp3) is 0.412. The number of carbonyl (C=O) groups is 1. The second-order valence-corrected chi connectivity index (χ2v) is 5.16. The monoisotopic (exact) mass is 285 g/mol. The molecule has 0 saturated carbocycles. The molecule has 0 atom stereocenters. The molecule has 1 amide bonds. The molecule has 1 aromatic rings. The van der Waals surface area contributed by atoms with Gasteiger partial charge < -0.3 is 10.2 Å². The molecular weight excluding hydrogens is 262 g/mol. The van der Waals surface area contributed by atoms with Gasteiger partial charge in [-0.3, -0.25) is 4.79 Å². The number of rotatable bonds is 7. The van der Waals surface area contributed by atoms with Gasteiger partial charge in [-0.05, 0) is 25.8 Å². The molecule has 0 unspecified atom stereocenters. The number of hydrogen-bond acceptors (Lipinski definition) is 3. The van der Waals surface area contributed by atoms with Crippen LogP contribution in [0.25, 0.3) is 0 Å². The Morgan fingerprint density at radius 3 is 2.57 bits per heavy atom. The molecular formula is C17H23N3O. The summed E-state index contributed by atoms with van der Waals surface area (Å²) in [6, 6.07) is 12.2. The minimum absolute atomic E-state index is 0.146. The van der Waals surface area contributed by atoms with Gasteiger partial charge in [-0.2, -0.15) is 5.26 Å². The van der Waals surface area contributed by atoms with Gasteiger partial charge in [-0.15, -0.1) is 0 Å². The van der Waals surface area contributed by atoms with E-state index in [1.165, 1.54) is 0 Å². The molecule has 0 radical (unpaired) electrons. The maximum Gasteiger partial charge on any atom is 0.263 e. The Morgan fingerprint density at radius 2 is 2.05 bits per heavy atom. The molecule has 4 heteroatoms. The van der Waals surface area contributed by atoms with Crippen molar-refractivity contribution in [1.29, 1.82) is 5.26 Å². The molecule has 1 N–H and O–H groups in total. The lowest BCUT2D eigenvalue weighted by molar-refractivity contribution is -0.117. The third kappa shape index (κ3) is 5.70. The Bertz CT molecular complexity index is 515. The van der Waals surface area contributed by atoms with Crippen LogP contribution < -0.4 is 5.32 Å². The van der Waals surface area contributed by atoms with E-state index in [2.05, 4.69) is 5.32 Å². The molecule has 0 bridgehead atoms. The number of carbonyl (C=O) groups excluding carboxylic acids is 1. The third-order valence-electron chi connectivity index (χ3n) is 3.07. The summed E-state index contributed by atoms with van der Waals surface area (Å²) in [5, 5.41) is 11.9. The summed E-state index contributed by atoms with van der Waals surface area (Å²) in [7, 11) is 0. The molecule has 1 rings (SSSR count). The minimum atomic E-state index is -0.307. The van der Waals surface area contributed by atoms with Crippen LogP contribution in [-0.2, 0) is 11.3 Å². The molecule has 112 valence electrons. The molecule has 0 aliphatic carbocycles.